The summed E-state index contributed by atoms with van der Waals surface area (Å²) in [5.41, 5.74) is -14.1. The molecule has 1 saturated heterocycles. The lowest BCUT2D eigenvalue weighted by Crippen LogP contribution is -2.42. The standard InChI is InChI=1S/C25H20F6N4O5.C16H12F6N2O4.C15H21BN2O3.C10H8F6N2O.C10H16O5/c1-4-40-21(37)15-12-34(14-8-9-17-18(10-14)33(3)22(38)32(17)2)23(39)35(20(15)36)11-13-6-5-7-16(24(26,27)28)19(13)25(29,30)31;1-2-28-13(26)9-6-23-14(27)24(12(9)25)7-8-4-3-5-10(15(17,18)19)11(8)16(20,21)22;1-14(2)15(3,4)21-16(20-14)10-7-8-11-12(9-10)18(6)13(19)17(11)5;11-9(12,13)6-3-1-2-5(4-18-8(17)19)7(6)10(14,15)16;1-4-13-7-8(9(11)14-5-2)10(12)15-6-3/h5-10,12H,4,11H2,1-3H3;3-6H,2,7H2,1H3,(H,23,27);7-9H,1-6H3;1-3H,4H2,(H3,17,18,19);7H,4-6H2,1-3H3. The van der Waals surface area contributed by atoms with Gasteiger partial charge in [0.25, 0.3) is 11.1 Å². The van der Waals surface area contributed by atoms with Crippen molar-refractivity contribution in [1.82, 2.24) is 42.3 Å². The number of nitrogens with zero attached hydrogens (tertiary/aromatic N) is 7. The van der Waals surface area contributed by atoms with Crippen molar-refractivity contribution >= 4 is 64.6 Å². The Labute approximate surface area is 682 Å². The van der Waals surface area contributed by atoms with Crippen LogP contribution in [0.3, 0.4) is 0 Å². The van der Waals surface area contributed by atoms with Gasteiger partial charge in [-0.1, -0.05) is 42.5 Å². The summed E-state index contributed by atoms with van der Waals surface area (Å²) in [6.45, 7) is 13.4. The summed E-state index contributed by atoms with van der Waals surface area (Å²) in [6, 6.07) is 14.3. The molecule has 123 heavy (non-hydrogen) atoms. The summed E-state index contributed by atoms with van der Waals surface area (Å²) >= 11 is 0. The average molecular weight is 1770 g/mol. The molecule has 47 heteroatoms. The predicted octanol–water partition coefficient (Wildman–Crippen LogP) is 11.4. The number of urea groups is 1. The Balaban J connectivity index is 0.000000249. The number of carbonyl (C=O) groups is 5. The Hall–Kier alpha value is -12.6. The number of aromatic nitrogens is 8. The van der Waals surface area contributed by atoms with Crippen molar-refractivity contribution in [3.05, 3.63) is 239 Å². The van der Waals surface area contributed by atoms with Crippen LogP contribution in [-0.4, -0.2) is 118 Å². The van der Waals surface area contributed by atoms with Crippen LogP contribution in [0.1, 0.15) is 133 Å². The number of carbonyl (C=O) groups excluding carboxylic acids is 5. The summed E-state index contributed by atoms with van der Waals surface area (Å²) in [5.74, 6) is -3.81. The van der Waals surface area contributed by atoms with Gasteiger partial charge >= 0.3 is 96.8 Å². The average Bonchev–Trinajstić information content (AvgIpc) is 1.66. The molecule has 0 saturated carbocycles. The number of amides is 2. The van der Waals surface area contributed by atoms with Gasteiger partial charge in [0.1, 0.15) is 17.4 Å². The maximum atomic E-state index is 13.8. The number of fused-ring (bicyclic) bond motifs is 2. The van der Waals surface area contributed by atoms with E-state index in [1.165, 1.54) is 55.3 Å². The zero-order chi connectivity index (χ0) is 93.1. The van der Waals surface area contributed by atoms with Gasteiger partial charge in [0, 0.05) is 47.1 Å². The van der Waals surface area contributed by atoms with Crippen molar-refractivity contribution in [3.8, 4) is 5.69 Å². The second kappa shape index (κ2) is 39.1. The Morgan fingerprint density at radius 2 is 0.854 bits per heavy atom. The van der Waals surface area contributed by atoms with Crippen molar-refractivity contribution in [2.24, 2.45) is 33.9 Å². The monoisotopic (exact) mass is 1770 g/mol. The van der Waals surface area contributed by atoms with Gasteiger partial charge in [-0.05, 0) is 133 Å². The van der Waals surface area contributed by atoms with Crippen LogP contribution in [0, 0.1) is 0 Å². The molecule has 4 N–H and O–H groups in total. The maximum Gasteiger partial charge on any atom is 0.494 e. The summed E-state index contributed by atoms with van der Waals surface area (Å²) in [4.78, 5) is 134. The van der Waals surface area contributed by atoms with Crippen molar-refractivity contribution < 1.29 is 136 Å². The number of rotatable bonds is 18. The quantitative estimate of drug-likeness (QED) is 0.0105. The molecule has 0 unspecified atom stereocenters. The summed E-state index contributed by atoms with van der Waals surface area (Å²) in [7, 11) is 6.10. The van der Waals surface area contributed by atoms with E-state index in [9.17, 15) is 132 Å². The number of ether oxygens (including phenoxy) is 5. The molecule has 10 rings (SSSR count). The lowest BCUT2D eigenvalue weighted by Gasteiger charge is -2.32. The molecule has 0 radical (unpaired) electrons. The lowest BCUT2D eigenvalue weighted by atomic mass is 9.79. The highest BCUT2D eigenvalue weighted by atomic mass is 19.4. The number of halogens is 18. The van der Waals surface area contributed by atoms with Crippen LogP contribution in [0.15, 0.2) is 144 Å². The van der Waals surface area contributed by atoms with E-state index in [2.05, 4.69) is 19.9 Å². The van der Waals surface area contributed by atoms with Gasteiger partial charge < -0.3 is 49.0 Å². The number of imidazole rings is 2. The topological polar surface area (TPSA) is 341 Å². The van der Waals surface area contributed by atoms with Gasteiger partial charge in [0.05, 0.1) is 118 Å². The number of primary amides is 1. The van der Waals surface area contributed by atoms with E-state index in [4.69, 9.17) is 18.8 Å². The first kappa shape index (κ1) is 99.2. The summed E-state index contributed by atoms with van der Waals surface area (Å²) in [6.07, 6.45) is -29.3. The van der Waals surface area contributed by atoms with Gasteiger partial charge in [-0.2, -0.15) is 79.0 Å². The van der Waals surface area contributed by atoms with E-state index >= 15 is 0 Å². The molecule has 0 bridgehead atoms. The van der Waals surface area contributed by atoms with Crippen molar-refractivity contribution in [3.63, 3.8) is 0 Å². The van der Waals surface area contributed by atoms with Crippen LogP contribution in [0.25, 0.3) is 27.8 Å². The Kier molecular flexibility index (Phi) is 31.5. The normalized spacial score (nSPS) is 13.2. The molecule has 0 atom stereocenters. The fourth-order valence-corrected chi connectivity index (χ4v) is 11.8. The number of aryl methyl sites for hydroxylation is 4. The maximum absolute atomic E-state index is 13.8. The fourth-order valence-electron chi connectivity index (χ4n) is 11.8. The first-order valence-corrected chi connectivity index (χ1v) is 36.0. The molecule has 5 aromatic carbocycles. The number of esters is 4. The summed E-state index contributed by atoms with van der Waals surface area (Å²) < 4.78 is 280. The third kappa shape index (κ3) is 23.4. The minimum Gasteiger partial charge on any atom is -0.500 e. The third-order valence-corrected chi connectivity index (χ3v) is 18.3. The van der Waals surface area contributed by atoms with E-state index in [0.29, 0.717) is 35.8 Å². The Bertz CT molecular complexity index is 5810. The molecule has 1 aliphatic heterocycles. The number of hydrogen-bond acceptors (Lipinski definition) is 18. The smallest absolute Gasteiger partial charge is 0.494 e. The fraction of sp³-hybridized carbons (Fsp3) is 0.382. The minimum absolute atomic E-state index is 0.0121. The third-order valence-electron chi connectivity index (χ3n) is 18.3. The number of aromatic amines is 1. The molecule has 0 spiro atoms. The molecular formula is C76H77BF18N10O18. The highest BCUT2D eigenvalue weighted by Crippen LogP contribution is 2.45. The molecule has 28 nitrogen and oxygen atoms in total. The first-order valence-electron chi connectivity index (χ1n) is 36.0. The van der Waals surface area contributed by atoms with Crippen LogP contribution in [-0.2, 0) is 127 Å². The number of nitrogens with one attached hydrogen (secondary N) is 2. The van der Waals surface area contributed by atoms with Gasteiger partial charge in [0.15, 0.2) is 5.57 Å². The number of nitrogens with two attached hydrogens (primary N) is 1. The predicted molar refractivity (Wildman–Crippen MR) is 402 cm³/mol. The Morgan fingerprint density at radius 1 is 0.472 bits per heavy atom. The molecular weight excluding hydrogens is 1690 g/mol. The lowest BCUT2D eigenvalue weighted by molar-refractivity contribution is -0.162. The van der Waals surface area contributed by atoms with Gasteiger partial charge in [0.2, 0.25) is 0 Å². The summed E-state index contributed by atoms with van der Waals surface area (Å²) in [5, 5.41) is 1.82. The van der Waals surface area contributed by atoms with Crippen LogP contribution in [0.2, 0.25) is 0 Å². The zero-order valence-electron chi connectivity index (χ0n) is 67.0. The number of benzene rings is 5. The van der Waals surface area contributed by atoms with Crippen molar-refractivity contribution in [2.75, 3.05) is 33.0 Å². The number of hydrogen-bond donors (Lipinski definition) is 3. The van der Waals surface area contributed by atoms with E-state index in [1.807, 2.05) is 56.2 Å². The molecule has 1 aliphatic rings. The van der Waals surface area contributed by atoms with Crippen molar-refractivity contribution in [1.29, 1.82) is 0 Å². The van der Waals surface area contributed by atoms with E-state index in [0.717, 1.165) is 64.0 Å². The zero-order valence-corrected chi connectivity index (χ0v) is 67.0. The first-order chi connectivity index (χ1) is 56.8. The minimum atomic E-state index is -5.49. The molecule has 9 aromatic rings. The highest BCUT2D eigenvalue weighted by Gasteiger charge is 2.52. The SMILES string of the molecule is CCOC(=O)c1c[nH]c(=O)n(Cc2cccc(C(F)(F)F)c2C(F)(F)F)c1=O.CCOC(=O)c1cn(-c2ccc3c(c2)n(C)c(=O)n3C)c(=O)n(Cc2cccc(C(F)(F)F)c2C(F)(F)F)c1=O.CCOC=C(C(=O)OCC)C(=O)OCC.Cn1c(=O)n(C)c2cc(B3OC(C)(C)C(C)(C)O3)ccc21.NC(=O)NCc1cccc(C(F)(F)F)c1C(F)(F)F. The Morgan fingerprint density at radius 3 is 1.26 bits per heavy atom. The largest absolute Gasteiger partial charge is 0.500 e. The molecule has 0 aliphatic carbocycles. The van der Waals surface area contributed by atoms with Gasteiger partial charge in [-0.25, -0.2) is 43.2 Å². The second-order valence-electron chi connectivity index (χ2n) is 26.9. The number of alkyl halides is 18. The molecule has 5 heterocycles. The molecule has 2 amide bonds. The van der Waals surface area contributed by atoms with E-state index < -0.39 is 183 Å². The van der Waals surface area contributed by atoms with Crippen LogP contribution >= 0.6 is 0 Å². The highest BCUT2D eigenvalue weighted by molar-refractivity contribution is 6.62. The van der Waals surface area contributed by atoms with E-state index in [1.54, 1.807) is 44.0 Å². The van der Waals surface area contributed by atoms with E-state index in [-0.39, 0.29) is 75.8 Å². The number of H-pyrrole nitrogens is 1. The molecule has 1 fully saturated rings. The van der Waals surface area contributed by atoms with Gasteiger partial charge in [-0.3, -0.25) is 41.6 Å². The molecule has 4 aromatic heterocycles. The van der Waals surface area contributed by atoms with Crippen molar-refractivity contribution in [2.45, 2.75) is 130 Å². The molecule has 668 valence electrons. The van der Waals surface area contributed by atoms with Gasteiger partial charge in [-0.15, -0.1) is 0 Å². The van der Waals surface area contributed by atoms with Crippen LogP contribution < -0.4 is 50.4 Å². The van der Waals surface area contributed by atoms with Crippen LogP contribution in [0.5, 0.6) is 0 Å². The van der Waals surface area contributed by atoms with Crippen LogP contribution in [0.4, 0.5) is 83.8 Å². The second-order valence-corrected chi connectivity index (χ2v) is 26.9.